The van der Waals surface area contributed by atoms with Gasteiger partial charge in [0.15, 0.2) is 0 Å². The molecule has 1 atom stereocenters. The molecule has 1 heterocycles. The van der Waals surface area contributed by atoms with Crippen molar-refractivity contribution in [2.45, 2.75) is 32.2 Å². The van der Waals surface area contributed by atoms with Crippen LogP contribution in [0.4, 0.5) is 0 Å². The number of carbonyl (C=O) groups is 2. The van der Waals surface area contributed by atoms with Gasteiger partial charge in [-0.25, -0.2) is 4.99 Å². The molecule has 1 aromatic carbocycles. The molecule has 28 heavy (non-hydrogen) atoms. The van der Waals surface area contributed by atoms with Crippen LogP contribution in [-0.2, 0) is 16.1 Å². The second kappa shape index (κ2) is 9.89. The summed E-state index contributed by atoms with van der Waals surface area (Å²) in [4.78, 5) is 30.6. The van der Waals surface area contributed by atoms with Crippen LogP contribution in [0.2, 0.25) is 0 Å². The maximum atomic E-state index is 12.7. The number of rotatable bonds is 8. The van der Waals surface area contributed by atoms with Crippen molar-refractivity contribution in [3.05, 3.63) is 58.6 Å². The van der Waals surface area contributed by atoms with Gasteiger partial charge >= 0.3 is 0 Å². The van der Waals surface area contributed by atoms with E-state index in [2.05, 4.69) is 26.2 Å². The van der Waals surface area contributed by atoms with E-state index < -0.39 is 0 Å². The lowest BCUT2D eigenvalue weighted by molar-refractivity contribution is -0.128. The van der Waals surface area contributed by atoms with Crippen LogP contribution in [0.3, 0.4) is 0 Å². The van der Waals surface area contributed by atoms with Gasteiger partial charge < -0.3 is 5.32 Å². The molecule has 0 saturated heterocycles. The molecule has 0 radical (unpaired) electrons. The fourth-order valence-electron chi connectivity index (χ4n) is 3.13. The number of hydrogen-bond acceptors (Lipinski definition) is 3. The first kappa shape index (κ1) is 20.6. The molecule has 0 saturated carbocycles. The minimum Gasteiger partial charge on any atom is -0.352 e. The molecule has 0 spiro atoms. The van der Waals surface area contributed by atoms with Crippen LogP contribution in [0.15, 0.2) is 58.0 Å². The number of carbonyl (C=O) groups excluding carboxylic acids is 2. The second-order valence-corrected chi connectivity index (χ2v) is 8.03. The summed E-state index contributed by atoms with van der Waals surface area (Å²) in [5, 5.41) is 3.26. The molecule has 1 aromatic rings. The molecule has 0 fully saturated rings. The van der Waals surface area contributed by atoms with E-state index in [-0.39, 0.29) is 17.7 Å². The van der Waals surface area contributed by atoms with E-state index in [0.717, 1.165) is 29.3 Å². The molecule has 1 unspecified atom stereocenters. The Labute approximate surface area is 178 Å². The van der Waals surface area contributed by atoms with E-state index in [0.29, 0.717) is 30.3 Å². The first-order valence-corrected chi connectivity index (χ1v) is 10.5. The molecular formula is C21H22BrN3O2S. The fourth-order valence-corrected chi connectivity index (χ4v) is 3.81. The highest BCUT2D eigenvalue weighted by Gasteiger charge is 2.34. The molecule has 146 valence electrons. The average molecular weight is 460 g/mol. The molecule has 0 bridgehead atoms. The van der Waals surface area contributed by atoms with Gasteiger partial charge in [-0.2, -0.15) is 0 Å². The average Bonchev–Trinajstić information content (AvgIpc) is 2.70. The van der Waals surface area contributed by atoms with Crippen LogP contribution in [0.25, 0.3) is 0 Å². The van der Waals surface area contributed by atoms with Crippen LogP contribution in [0, 0.1) is 5.92 Å². The van der Waals surface area contributed by atoms with E-state index in [9.17, 15) is 9.59 Å². The predicted molar refractivity (Wildman–Crippen MR) is 118 cm³/mol. The third kappa shape index (κ3) is 5.45. The number of hydrogen-bond donors (Lipinski definition) is 1. The summed E-state index contributed by atoms with van der Waals surface area (Å²) in [6, 6.07) is 9.85. The second-order valence-electron chi connectivity index (χ2n) is 6.74. The molecular weight excluding hydrogens is 438 g/mol. The lowest BCUT2D eigenvalue weighted by atomic mass is 9.95. The number of unbranched alkanes of at least 4 members (excludes halogenated alkanes) is 2. The maximum Gasteiger partial charge on any atom is 0.241 e. The van der Waals surface area contributed by atoms with Crippen molar-refractivity contribution in [3.8, 4) is 0 Å². The number of halogens is 1. The van der Waals surface area contributed by atoms with E-state index in [1.54, 1.807) is 4.90 Å². The molecule has 1 aliphatic carbocycles. The number of nitrogens with zero attached hydrogens (tertiary/aromatic N) is 2. The van der Waals surface area contributed by atoms with Gasteiger partial charge in [-0.1, -0.05) is 58.8 Å². The van der Waals surface area contributed by atoms with Gasteiger partial charge in [-0.3, -0.25) is 14.5 Å². The normalized spacial score (nSPS) is 18.5. The van der Waals surface area contributed by atoms with Gasteiger partial charge in [0, 0.05) is 24.0 Å². The summed E-state index contributed by atoms with van der Waals surface area (Å²) in [7, 11) is 0. The Hall–Kier alpha value is -2.12. The lowest BCUT2D eigenvalue weighted by Gasteiger charge is -2.30. The largest absolute Gasteiger partial charge is 0.352 e. The molecule has 7 heteroatoms. The Bertz CT molecular complexity index is 848. The molecule has 2 aliphatic rings. The number of nitrogens with one attached hydrogen (secondary N) is 1. The first-order valence-electron chi connectivity index (χ1n) is 9.34. The summed E-state index contributed by atoms with van der Waals surface area (Å²) in [5.74, 6) is -0.349. The number of aliphatic imine (C=N–C) groups is 1. The first-order chi connectivity index (χ1) is 13.5. The van der Waals surface area contributed by atoms with Crippen molar-refractivity contribution in [2.75, 3.05) is 6.54 Å². The van der Waals surface area contributed by atoms with Crippen molar-refractivity contribution < 1.29 is 9.59 Å². The van der Waals surface area contributed by atoms with Crippen molar-refractivity contribution in [2.24, 2.45) is 10.9 Å². The highest BCUT2D eigenvalue weighted by atomic mass is 79.9. The van der Waals surface area contributed by atoms with Gasteiger partial charge in [0.05, 0.1) is 5.71 Å². The van der Waals surface area contributed by atoms with E-state index >= 15 is 0 Å². The number of benzene rings is 1. The third-order valence-electron chi connectivity index (χ3n) is 4.66. The summed E-state index contributed by atoms with van der Waals surface area (Å²) >= 11 is 8.69. The van der Waals surface area contributed by atoms with E-state index in [4.69, 9.17) is 12.2 Å². The van der Waals surface area contributed by atoms with Crippen LogP contribution in [0.5, 0.6) is 0 Å². The monoisotopic (exact) mass is 459 g/mol. The standard InChI is InChI=1S/C21H22BrN3O2S/c22-16-10-11-18-17(13-16)20(27)25(21(28)24-18)12-6-2-5-9-19(26)23-14-15-7-3-1-4-8-15/h1,3-4,7-8,10-11,13,17H,2,5-6,9,12,14H2,(H,23,26). The highest BCUT2D eigenvalue weighted by molar-refractivity contribution is 9.11. The van der Waals surface area contributed by atoms with Crippen molar-refractivity contribution in [1.82, 2.24) is 10.2 Å². The summed E-state index contributed by atoms with van der Waals surface area (Å²) in [6.45, 7) is 1.08. The lowest BCUT2D eigenvalue weighted by Crippen LogP contribution is -2.46. The van der Waals surface area contributed by atoms with Gasteiger partial charge in [-0.05, 0) is 42.8 Å². The Kier molecular flexibility index (Phi) is 7.28. The van der Waals surface area contributed by atoms with E-state index in [1.165, 1.54) is 0 Å². The number of allylic oxidation sites excluding steroid dienone is 3. The van der Waals surface area contributed by atoms with Gasteiger partial charge in [-0.15, -0.1) is 0 Å². The minimum atomic E-state index is -0.366. The summed E-state index contributed by atoms with van der Waals surface area (Å²) in [6.07, 6.45) is 8.45. The Balaban J connectivity index is 1.37. The van der Waals surface area contributed by atoms with E-state index in [1.807, 2.05) is 48.6 Å². The van der Waals surface area contributed by atoms with Crippen LogP contribution < -0.4 is 5.32 Å². The molecule has 1 aliphatic heterocycles. The maximum absolute atomic E-state index is 12.7. The van der Waals surface area contributed by atoms with Crippen LogP contribution in [0.1, 0.15) is 31.2 Å². The van der Waals surface area contributed by atoms with Crippen LogP contribution >= 0.6 is 28.1 Å². The van der Waals surface area contributed by atoms with Crippen LogP contribution in [-0.4, -0.2) is 34.1 Å². The number of fused-ring (bicyclic) bond motifs is 1. The molecule has 0 aromatic heterocycles. The Morgan fingerprint density at radius 3 is 2.75 bits per heavy atom. The number of amides is 2. The minimum absolute atomic E-state index is 0.0306. The highest BCUT2D eigenvalue weighted by Crippen LogP contribution is 2.25. The van der Waals surface area contributed by atoms with Gasteiger partial charge in [0.1, 0.15) is 5.92 Å². The molecule has 5 nitrogen and oxygen atoms in total. The predicted octanol–water partition coefficient (Wildman–Crippen LogP) is 3.90. The summed E-state index contributed by atoms with van der Waals surface area (Å²) in [5.41, 5.74) is 1.79. The van der Waals surface area contributed by atoms with Crippen molar-refractivity contribution in [1.29, 1.82) is 0 Å². The quantitative estimate of drug-likeness (QED) is 0.473. The Morgan fingerprint density at radius 1 is 1.18 bits per heavy atom. The molecule has 1 N–H and O–H groups in total. The SMILES string of the molecule is O=C(CCCCCN1C(=O)C2C=C(Br)C=CC2=NC1=S)NCc1ccccc1. The number of thiocarbonyl (C=S) groups is 1. The summed E-state index contributed by atoms with van der Waals surface area (Å²) < 4.78 is 0.874. The smallest absolute Gasteiger partial charge is 0.241 e. The molecule has 3 rings (SSSR count). The van der Waals surface area contributed by atoms with Crippen molar-refractivity contribution in [3.63, 3.8) is 0 Å². The zero-order valence-corrected chi connectivity index (χ0v) is 17.8. The fraction of sp³-hybridized carbons (Fsp3) is 0.333. The third-order valence-corrected chi connectivity index (χ3v) is 5.50. The van der Waals surface area contributed by atoms with Gasteiger partial charge in [0.25, 0.3) is 0 Å². The Morgan fingerprint density at radius 2 is 1.96 bits per heavy atom. The zero-order chi connectivity index (χ0) is 19.9. The molecule has 2 amide bonds. The topological polar surface area (TPSA) is 61.8 Å². The van der Waals surface area contributed by atoms with Gasteiger partial charge in [0.2, 0.25) is 16.9 Å². The zero-order valence-electron chi connectivity index (χ0n) is 15.4. The van der Waals surface area contributed by atoms with Crippen molar-refractivity contribution >= 4 is 50.8 Å².